The lowest BCUT2D eigenvalue weighted by Gasteiger charge is -2.35. The van der Waals surface area contributed by atoms with Gasteiger partial charge in [-0.3, -0.25) is 4.79 Å². The third-order valence-corrected chi connectivity index (χ3v) is 5.86. The zero-order valence-corrected chi connectivity index (χ0v) is 17.0. The molecule has 2 N–H and O–H groups in total. The third kappa shape index (κ3) is 8.24. The SMILES string of the molecule is CC(C)N1CCCC(CNC(=O)CCNS(=O)(=O)/C=C/c2ccccc2)C1. The number of sulfonamides is 1. The number of likely N-dealkylation sites (tertiary alicyclic amines) is 1. The van der Waals surface area contributed by atoms with E-state index in [1.807, 2.05) is 30.3 Å². The molecule has 0 saturated carbocycles. The van der Waals surface area contributed by atoms with Gasteiger partial charge in [0.1, 0.15) is 0 Å². The van der Waals surface area contributed by atoms with Crippen LogP contribution in [0, 0.1) is 5.92 Å². The van der Waals surface area contributed by atoms with Crippen LogP contribution in [0.15, 0.2) is 35.7 Å². The summed E-state index contributed by atoms with van der Waals surface area (Å²) >= 11 is 0. The van der Waals surface area contributed by atoms with E-state index in [2.05, 4.69) is 28.8 Å². The molecule has 0 aromatic heterocycles. The van der Waals surface area contributed by atoms with Crippen LogP contribution in [0.1, 0.15) is 38.7 Å². The Morgan fingerprint density at radius 1 is 1.30 bits per heavy atom. The fraction of sp³-hybridized carbons (Fsp3) is 0.550. The molecule has 1 unspecified atom stereocenters. The second-order valence-corrected chi connectivity index (χ2v) is 8.95. The highest BCUT2D eigenvalue weighted by Gasteiger charge is 2.21. The summed E-state index contributed by atoms with van der Waals surface area (Å²) in [6.07, 6.45) is 3.96. The molecule has 0 radical (unpaired) electrons. The Morgan fingerprint density at radius 2 is 2.04 bits per heavy atom. The maximum Gasteiger partial charge on any atom is 0.233 e. The minimum absolute atomic E-state index is 0.0933. The molecule has 6 nitrogen and oxygen atoms in total. The van der Waals surface area contributed by atoms with E-state index in [4.69, 9.17) is 0 Å². The van der Waals surface area contributed by atoms with Gasteiger partial charge in [-0.25, -0.2) is 13.1 Å². The van der Waals surface area contributed by atoms with Crippen molar-refractivity contribution < 1.29 is 13.2 Å². The maximum absolute atomic E-state index is 12.0. The molecule has 2 rings (SSSR count). The van der Waals surface area contributed by atoms with Crippen molar-refractivity contribution in [2.75, 3.05) is 26.2 Å². The lowest BCUT2D eigenvalue weighted by molar-refractivity contribution is -0.121. The average molecular weight is 394 g/mol. The zero-order chi connectivity index (χ0) is 19.7. The van der Waals surface area contributed by atoms with Crippen molar-refractivity contribution in [3.63, 3.8) is 0 Å². The summed E-state index contributed by atoms with van der Waals surface area (Å²) < 4.78 is 26.3. The lowest BCUT2D eigenvalue weighted by Crippen LogP contribution is -2.44. The van der Waals surface area contributed by atoms with Gasteiger partial charge in [-0.05, 0) is 50.8 Å². The molecule has 27 heavy (non-hydrogen) atoms. The highest BCUT2D eigenvalue weighted by atomic mass is 32.2. The number of piperidine rings is 1. The summed E-state index contributed by atoms with van der Waals surface area (Å²) in [5.74, 6) is 0.349. The summed E-state index contributed by atoms with van der Waals surface area (Å²) in [6, 6.07) is 9.74. The van der Waals surface area contributed by atoms with Gasteiger partial charge >= 0.3 is 0 Å². The van der Waals surface area contributed by atoms with Crippen LogP contribution in [-0.2, 0) is 14.8 Å². The molecule has 0 aliphatic carbocycles. The van der Waals surface area contributed by atoms with Gasteiger partial charge in [-0.15, -0.1) is 0 Å². The van der Waals surface area contributed by atoms with E-state index in [-0.39, 0.29) is 18.9 Å². The Morgan fingerprint density at radius 3 is 2.74 bits per heavy atom. The monoisotopic (exact) mass is 393 g/mol. The van der Waals surface area contributed by atoms with Crippen LogP contribution >= 0.6 is 0 Å². The highest BCUT2D eigenvalue weighted by molar-refractivity contribution is 7.92. The number of benzene rings is 1. The zero-order valence-electron chi connectivity index (χ0n) is 16.2. The van der Waals surface area contributed by atoms with E-state index >= 15 is 0 Å². The molecule has 1 heterocycles. The molecule has 1 fully saturated rings. The van der Waals surface area contributed by atoms with Gasteiger partial charge in [0.25, 0.3) is 0 Å². The van der Waals surface area contributed by atoms with Gasteiger partial charge in [0.2, 0.25) is 15.9 Å². The first-order valence-corrected chi connectivity index (χ1v) is 11.1. The van der Waals surface area contributed by atoms with Crippen molar-refractivity contribution in [1.82, 2.24) is 14.9 Å². The Kier molecular flexibility index (Phi) is 8.47. The van der Waals surface area contributed by atoms with Crippen molar-refractivity contribution in [3.05, 3.63) is 41.3 Å². The van der Waals surface area contributed by atoms with Crippen LogP contribution in [0.4, 0.5) is 0 Å². The topological polar surface area (TPSA) is 78.5 Å². The van der Waals surface area contributed by atoms with Crippen molar-refractivity contribution in [1.29, 1.82) is 0 Å². The number of nitrogens with one attached hydrogen (secondary N) is 2. The Bertz CT molecular complexity index is 717. The number of nitrogens with zero attached hydrogens (tertiary/aromatic N) is 1. The van der Waals surface area contributed by atoms with Gasteiger partial charge in [0.05, 0.1) is 0 Å². The molecule has 7 heteroatoms. The van der Waals surface area contributed by atoms with Crippen molar-refractivity contribution >= 4 is 22.0 Å². The molecule has 0 spiro atoms. The molecule has 1 saturated heterocycles. The number of hydrogen-bond donors (Lipinski definition) is 2. The summed E-state index contributed by atoms with van der Waals surface area (Å²) in [7, 11) is -3.54. The second-order valence-electron chi connectivity index (χ2n) is 7.30. The van der Waals surface area contributed by atoms with Crippen LogP contribution < -0.4 is 10.0 Å². The number of hydrogen-bond acceptors (Lipinski definition) is 4. The number of carbonyl (C=O) groups is 1. The number of rotatable bonds is 9. The van der Waals surface area contributed by atoms with Crippen molar-refractivity contribution in [3.8, 4) is 0 Å². The van der Waals surface area contributed by atoms with E-state index in [1.165, 1.54) is 6.08 Å². The Balaban J connectivity index is 1.67. The Labute approximate surface area is 163 Å². The predicted molar refractivity (Wildman–Crippen MR) is 109 cm³/mol. The normalized spacial score (nSPS) is 18.9. The summed E-state index contributed by atoms with van der Waals surface area (Å²) in [5.41, 5.74) is 0.809. The standard InChI is InChI=1S/C20H31N3O3S/c1-17(2)23-13-6-9-19(16-23)15-21-20(24)10-12-22-27(25,26)14-11-18-7-4-3-5-8-18/h3-5,7-8,11,14,17,19,22H,6,9-10,12-13,15-16H2,1-2H3,(H,21,24)/b14-11+. The predicted octanol–water partition coefficient (Wildman–Crippen LogP) is 2.20. The molecule has 150 valence electrons. The highest BCUT2D eigenvalue weighted by Crippen LogP contribution is 2.17. The first kappa shape index (κ1) is 21.6. The second kappa shape index (κ2) is 10.6. The van der Waals surface area contributed by atoms with Gasteiger partial charge < -0.3 is 10.2 Å². The maximum atomic E-state index is 12.0. The van der Waals surface area contributed by atoms with E-state index in [9.17, 15) is 13.2 Å². The van der Waals surface area contributed by atoms with E-state index in [0.717, 1.165) is 36.9 Å². The first-order valence-electron chi connectivity index (χ1n) is 9.59. The van der Waals surface area contributed by atoms with Crippen LogP contribution in [0.25, 0.3) is 6.08 Å². The fourth-order valence-corrected chi connectivity index (χ4v) is 3.99. The summed E-state index contributed by atoms with van der Waals surface area (Å²) in [4.78, 5) is 14.4. The number of carbonyl (C=O) groups excluding carboxylic acids is 1. The molecule has 1 aromatic carbocycles. The average Bonchev–Trinajstić information content (AvgIpc) is 2.66. The Hall–Kier alpha value is -1.70. The number of amides is 1. The molecular formula is C20H31N3O3S. The van der Waals surface area contributed by atoms with E-state index in [0.29, 0.717) is 18.5 Å². The van der Waals surface area contributed by atoms with Gasteiger partial charge in [-0.2, -0.15) is 0 Å². The smallest absolute Gasteiger partial charge is 0.233 e. The minimum atomic E-state index is -3.54. The van der Waals surface area contributed by atoms with Crippen LogP contribution in [-0.4, -0.2) is 51.4 Å². The third-order valence-electron chi connectivity index (χ3n) is 4.76. The lowest BCUT2D eigenvalue weighted by atomic mass is 9.97. The molecule has 1 atom stereocenters. The molecule has 1 amide bonds. The fourth-order valence-electron chi connectivity index (χ4n) is 3.17. The van der Waals surface area contributed by atoms with Crippen LogP contribution in [0.5, 0.6) is 0 Å². The first-order chi connectivity index (χ1) is 12.9. The summed E-state index contributed by atoms with van der Waals surface area (Å²) in [6.45, 7) is 7.27. The van der Waals surface area contributed by atoms with Gasteiger partial charge in [0.15, 0.2) is 0 Å². The van der Waals surface area contributed by atoms with E-state index < -0.39 is 10.0 Å². The van der Waals surface area contributed by atoms with Crippen molar-refractivity contribution in [2.45, 2.75) is 39.2 Å². The summed E-state index contributed by atoms with van der Waals surface area (Å²) in [5, 5.41) is 4.07. The van der Waals surface area contributed by atoms with E-state index in [1.54, 1.807) is 0 Å². The van der Waals surface area contributed by atoms with Crippen LogP contribution in [0.2, 0.25) is 0 Å². The van der Waals surface area contributed by atoms with Gasteiger partial charge in [0, 0.05) is 37.5 Å². The molecule has 1 aliphatic rings. The van der Waals surface area contributed by atoms with Crippen LogP contribution in [0.3, 0.4) is 0 Å². The molecule has 0 bridgehead atoms. The van der Waals surface area contributed by atoms with Gasteiger partial charge in [-0.1, -0.05) is 30.3 Å². The van der Waals surface area contributed by atoms with Crippen molar-refractivity contribution in [2.24, 2.45) is 5.92 Å². The minimum Gasteiger partial charge on any atom is -0.356 e. The largest absolute Gasteiger partial charge is 0.356 e. The quantitative estimate of drug-likeness (QED) is 0.674. The molecule has 1 aromatic rings. The molecule has 1 aliphatic heterocycles. The molecular weight excluding hydrogens is 362 g/mol.